The first-order valence-electron chi connectivity index (χ1n) is 9.06. The Hall–Kier alpha value is -1.57. The summed E-state index contributed by atoms with van der Waals surface area (Å²) < 4.78 is 0. The lowest BCUT2D eigenvalue weighted by Crippen LogP contribution is -2.43. The van der Waals surface area contributed by atoms with Crippen molar-refractivity contribution in [2.24, 2.45) is 23.2 Å². The lowest BCUT2D eigenvalue weighted by Gasteiger charge is -2.43. The van der Waals surface area contributed by atoms with Gasteiger partial charge in [0.05, 0.1) is 6.04 Å². The van der Waals surface area contributed by atoms with Crippen molar-refractivity contribution in [1.82, 2.24) is 4.90 Å². The van der Waals surface area contributed by atoms with Crippen molar-refractivity contribution in [2.45, 2.75) is 52.6 Å². The maximum atomic E-state index is 13.1. The molecule has 1 aromatic carbocycles. The minimum Gasteiger partial charge on any atom is -0.331 e. The smallest absolute Gasteiger partial charge is 0.227 e. The van der Waals surface area contributed by atoms with Crippen molar-refractivity contribution in [3.63, 3.8) is 0 Å². The molecule has 1 heterocycles. The number of amides is 1. The van der Waals surface area contributed by atoms with Crippen LogP contribution in [0.4, 0.5) is 0 Å². The number of allylic oxidation sites excluding steroid dienone is 1. The molecule has 1 aromatic rings. The van der Waals surface area contributed by atoms with Crippen molar-refractivity contribution >= 4 is 5.91 Å². The van der Waals surface area contributed by atoms with E-state index in [1.165, 1.54) is 18.4 Å². The highest BCUT2D eigenvalue weighted by Crippen LogP contribution is 2.61. The average molecular weight is 309 g/mol. The maximum absolute atomic E-state index is 13.1. The zero-order chi connectivity index (χ0) is 16.2. The van der Waals surface area contributed by atoms with Gasteiger partial charge in [-0.15, -0.1) is 0 Å². The molecule has 1 saturated carbocycles. The first-order valence-corrected chi connectivity index (χ1v) is 9.06. The zero-order valence-electron chi connectivity index (χ0n) is 14.5. The second-order valence-corrected chi connectivity index (χ2v) is 8.19. The number of rotatable bonds is 3. The van der Waals surface area contributed by atoms with Crippen molar-refractivity contribution in [3.05, 3.63) is 47.5 Å². The summed E-state index contributed by atoms with van der Waals surface area (Å²) in [4.78, 5) is 15.3. The van der Waals surface area contributed by atoms with Crippen LogP contribution in [0.1, 0.15) is 45.6 Å². The third kappa shape index (κ3) is 2.10. The fourth-order valence-electron chi connectivity index (χ4n) is 5.32. The molecule has 4 atom stereocenters. The van der Waals surface area contributed by atoms with E-state index in [0.29, 0.717) is 23.8 Å². The highest BCUT2D eigenvalue weighted by molar-refractivity contribution is 5.84. The number of likely N-dealkylation sites (tertiary alicyclic amines) is 1. The van der Waals surface area contributed by atoms with E-state index in [2.05, 4.69) is 56.0 Å². The highest BCUT2D eigenvalue weighted by Gasteiger charge is 2.62. The van der Waals surface area contributed by atoms with Crippen LogP contribution in [0, 0.1) is 23.2 Å². The molecule has 3 aliphatic rings. The Kier molecular flexibility index (Phi) is 3.40. The van der Waals surface area contributed by atoms with Gasteiger partial charge in [0, 0.05) is 17.9 Å². The number of carbonyl (C=O) groups is 1. The standard InChI is InChI=1S/C21H27NO/c1-14(2)16-11-17-9-10-18-20(23)22(19(12-16)21(17,18)3)13-15-7-5-4-6-8-15/h4-8,12,14,17-19H,9-11,13H2,1-3H3/t17-,18+,19+,21+/m0/s1. The van der Waals surface area contributed by atoms with Crippen LogP contribution in [0.2, 0.25) is 0 Å². The molecule has 2 nitrogen and oxygen atoms in total. The molecule has 0 N–H and O–H groups in total. The largest absolute Gasteiger partial charge is 0.331 e. The molecule has 2 aliphatic carbocycles. The molecule has 1 amide bonds. The molecule has 0 spiro atoms. The number of hydrogen-bond acceptors (Lipinski definition) is 1. The van der Waals surface area contributed by atoms with E-state index >= 15 is 0 Å². The molecule has 122 valence electrons. The van der Waals surface area contributed by atoms with Crippen LogP contribution in [-0.4, -0.2) is 16.8 Å². The van der Waals surface area contributed by atoms with Gasteiger partial charge in [-0.25, -0.2) is 0 Å². The first kappa shape index (κ1) is 15.0. The molecule has 0 aromatic heterocycles. The topological polar surface area (TPSA) is 20.3 Å². The lowest BCUT2D eigenvalue weighted by atomic mass is 9.64. The predicted molar refractivity (Wildman–Crippen MR) is 92.6 cm³/mol. The highest BCUT2D eigenvalue weighted by atomic mass is 16.2. The van der Waals surface area contributed by atoms with Crippen molar-refractivity contribution < 1.29 is 4.79 Å². The van der Waals surface area contributed by atoms with Gasteiger partial charge in [-0.1, -0.05) is 62.8 Å². The van der Waals surface area contributed by atoms with E-state index in [1.54, 1.807) is 5.57 Å². The van der Waals surface area contributed by atoms with Gasteiger partial charge < -0.3 is 4.90 Å². The molecule has 0 radical (unpaired) electrons. The van der Waals surface area contributed by atoms with Gasteiger partial charge in [0.15, 0.2) is 0 Å². The van der Waals surface area contributed by atoms with E-state index in [0.717, 1.165) is 13.0 Å². The van der Waals surface area contributed by atoms with Crippen molar-refractivity contribution in [1.29, 1.82) is 0 Å². The summed E-state index contributed by atoms with van der Waals surface area (Å²) in [7, 11) is 0. The van der Waals surface area contributed by atoms with Crippen molar-refractivity contribution in [3.8, 4) is 0 Å². The molecule has 0 bridgehead atoms. The van der Waals surface area contributed by atoms with E-state index < -0.39 is 0 Å². The van der Waals surface area contributed by atoms with E-state index in [1.807, 2.05) is 6.07 Å². The Bertz CT molecular complexity index is 647. The summed E-state index contributed by atoms with van der Waals surface area (Å²) in [6.45, 7) is 7.72. The van der Waals surface area contributed by atoms with E-state index in [9.17, 15) is 4.79 Å². The van der Waals surface area contributed by atoms with Gasteiger partial charge in [0.1, 0.15) is 0 Å². The van der Waals surface area contributed by atoms with E-state index in [-0.39, 0.29) is 11.3 Å². The van der Waals surface area contributed by atoms with Gasteiger partial charge in [0.25, 0.3) is 0 Å². The summed E-state index contributed by atoms with van der Waals surface area (Å²) in [6.07, 6.45) is 5.97. The van der Waals surface area contributed by atoms with Crippen LogP contribution in [-0.2, 0) is 11.3 Å². The summed E-state index contributed by atoms with van der Waals surface area (Å²) in [5, 5.41) is 0. The Morgan fingerprint density at radius 2 is 1.96 bits per heavy atom. The number of nitrogens with zero attached hydrogens (tertiary/aromatic N) is 1. The molecular formula is C21H27NO. The first-order chi connectivity index (χ1) is 11.0. The Balaban J connectivity index is 1.73. The summed E-state index contributed by atoms with van der Waals surface area (Å²) in [5.41, 5.74) is 2.96. The predicted octanol–water partition coefficient (Wildman–Crippen LogP) is 4.42. The third-order valence-electron chi connectivity index (χ3n) is 6.78. The van der Waals surface area contributed by atoms with Crippen LogP contribution in [0.5, 0.6) is 0 Å². The molecule has 1 saturated heterocycles. The number of carbonyl (C=O) groups excluding carboxylic acids is 1. The molecule has 2 fully saturated rings. The quantitative estimate of drug-likeness (QED) is 0.757. The SMILES string of the molecule is CC(C)C1=C[C@H]2N(Cc3ccccc3)C(=O)[C@H]3CC[C@@H](C1)[C@]32C. The van der Waals surface area contributed by atoms with Gasteiger partial charge in [-0.3, -0.25) is 4.79 Å². The molecular weight excluding hydrogens is 282 g/mol. The van der Waals surface area contributed by atoms with Gasteiger partial charge in [-0.2, -0.15) is 0 Å². The molecule has 0 unspecified atom stereocenters. The Morgan fingerprint density at radius 3 is 2.65 bits per heavy atom. The van der Waals surface area contributed by atoms with Crippen LogP contribution >= 0.6 is 0 Å². The van der Waals surface area contributed by atoms with Gasteiger partial charge >= 0.3 is 0 Å². The van der Waals surface area contributed by atoms with Crippen LogP contribution in [0.15, 0.2) is 42.0 Å². The van der Waals surface area contributed by atoms with Crippen LogP contribution < -0.4 is 0 Å². The lowest BCUT2D eigenvalue weighted by molar-refractivity contribution is -0.132. The number of hydrogen-bond donors (Lipinski definition) is 0. The third-order valence-corrected chi connectivity index (χ3v) is 6.78. The van der Waals surface area contributed by atoms with Crippen molar-refractivity contribution in [2.75, 3.05) is 0 Å². The Labute approximate surface area is 139 Å². The van der Waals surface area contributed by atoms with Crippen LogP contribution in [0.25, 0.3) is 0 Å². The fraction of sp³-hybridized carbons (Fsp3) is 0.571. The molecule has 4 rings (SSSR count). The van der Waals surface area contributed by atoms with Crippen LogP contribution in [0.3, 0.4) is 0 Å². The Morgan fingerprint density at radius 1 is 1.22 bits per heavy atom. The average Bonchev–Trinajstić information content (AvgIpc) is 2.98. The molecule has 23 heavy (non-hydrogen) atoms. The second-order valence-electron chi connectivity index (χ2n) is 8.19. The fourth-order valence-corrected chi connectivity index (χ4v) is 5.32. The second kappa shape index (κ2) is 5.22. The summed E-state index contributed by atoms with van der Waals surface area (Å²) in [6, 6.07) is 10.7. The van der Waals surface area contributed by atoms with Gasteiger partial charge in [0.2, 0.25) is 5.91 Å². The minimum atomic E-state index is 0.157. The molecule has 1 aliphatic heterocycles. The summed E-state index contributed by atoms with van der Waals surface area (Å²) in [5.74, 6) is 1.91. The van der Waals surface area contributed by atoms with Gasteiger partial charge in [-0.05, 0) is 36.7 Å². The molecule has 2 heteroatoms. The summed E-state index contributed by atoms with van der Waals surface area (Å²) >= 11 is 0. The number of benzene rings is 1. The van der Waals surface area contributed by atoms with E-state index in [4.69, 9.17) is 0 Å². The maximum Gasteiger partial charge on any atom is 0.227 e. The normalized spacial score (nSPS) is 35.7. The monoisotopic (exact) mass is 309 g/mol. The zero-order valence-corrected chi connectivity index (χ0v) is 14.5. The minimum absolute atomic E-state index is 0.157.